The molecule has 1 aromatic rings. The maximum Gasteiger partial charge on any atom is 0.165 e. The molecule has 1 rings (SSSR count). The van der Waals surface area contributed by atoms with Gasteiger partial charge in [-0.1, -0.05) is 28.1 Å². The Morgan fingerprint density at radius 2 is 1.65 bits per heavy atom. The van der Waals surface area contributed by atoms with E-state index >= 15 is 0 Å². The van der Waals surface area contributed by atoms with Gasteiger partial charge in [-0.2, -0.15) is 0 Å². The van der Waals surface area contributed by atoms with Gasteiger partial charge in [0, 0.05) is 18.0 Å². The number of halogens is 2. The van der Waals surface area contributed by atoms with E-state index in [1.165, 1.54) is 6.07 Å². The van der Waals surface area contributed by atoms with E-state index in [9.17, 15) is 4.39 Å². The Morgan fingerprint density at radius 3 is 2.30 bits per heavy atom. The van der Waals surface area contributed by atoms with Gasteiger partial charge in [0.1, 0.15) is 6.61 Å². The van der Waals surface area contributed by atoms with Crippen molar-refractivity contribution in [3.63, 3.8) is 0 Å². The van der Waals surface area contributed by atoms with Crippen molar-refractivity contribution in [1.29, 1.82) is 0 Å². The lowest BCUT2D eigenvalue weighted by Gasteiger charge is -2.11. The van der Waals surface area contributed by atoms with Gasteiger partial charge in [0.25, 0.3) is 0 Å². The second-order valence-corrected chi connectivity index (χ2v) is 4.49. The number of para-hydroxylation sites is 1. The Balaban J connectivity index is 2.12. The van der Waals surface area contributed by atoms with E-state index in [1.807, 2.05) is 6.07 Å². The number of rotatable bonds is 11. The maximum absolute atomic E-state index is 13.6. The number of benzene rings is 1. The molecule has 0 bridgehead atoms. The van der Waals surface area contributed by atoms with E-state index in [-0.39, 0.29) is 11.6 Å². The number of hydrogen-bond acceptors (Lipinski definition) is 4. The molecule has 0 atom stereocenters. The Morgan fingerprint density at radius 1 is 1.00 bits per heavy atom. The van der Waals surface area contributed by atoms with Crippen LogP contribution >= 0.6 is 15.9 Å². The highest BCUT2D eigenvalue weighted by molar-refractivity contribution is 9.08. The van der Waals surface area contributed by atoms with Gasteiger partial charge in [0.15, 0.2) is 11.6 Å². The number of ether oxygens (including phenoxy) is 4. The lowest BCUT2D eigenvalue weighted by molar-refractivity contribution is 0.0176. The summed E-state index contributed by atoms with van der Waals surface area (Å²) in [6.45, 7) is 2.82. The predicted molar refractivity (Wildman–Crippen MR) is 78.0 cm³/mol. The van der Waals surface area contributed by atoms with Crippen LogP contribution in [0.5, 0.6) is 5.75 Å². The first-order valence-corrected chi connectivity index (χ1v) is 7.52. The van der Waals surface area contributed by atoms with Gasteiger partial charge in [0.05, 0.1) is 33.0 Å². The molecule has 20 heavy (non-hydrogen) atoms. The quantitative estimate of drug-likeness (QED) is 0.454. The van der Waals surface area contributed by atoms with Gasteiger partial charge in [0.2, 0.25) is 0 Å². The molecule has 0 heterocycles. The summed E-state index contributed by atoms with van der Waals surface area (Å²) in [6.07, 6.45) is 0. The predicted octanol–water partition coefficient (Wildman–Crippen LogP) is 2.78. The summed E-state index contributed by atoms with van der Waals surface area (Å²) in [6, 6.07) is 4.86. The number of alkyl halides is 1. The molecule has 114 valence electrons. The van der Waals surface area contributed by atoms with Crippen molar-refractivity contribution in [1.82, 2.24) is 0 Å². The number of hydrogen-bond donors (Lipinski definition) is 0. The van der Waals surface area contributed by atoms with Crippen molar-refractivity contribution >= 4 is 15.9 Å². The van der Waals surface area contributed by atoms with Crippen LogP contribution in [0.25, 0.3) is 0 Å². The average Bonchev–Trinajstić information content (AvgIpc) is 2.46. The zero-order chi connectivity index (χ0) is 14.6. The third-order valence-corrected chi connectivity index (χ3v) is 3.07. The molecule has 0 saturated carbocycles. The summed E-state index contributed by atoms with van der Waals surface area (Å²) in [5.41, 5.74) is 0.785. The maximum atomic E-state index is 13.6. The van der Waals surface area contributed by atoms with Crippen molar-refractivity contribution < 1.29 is 23.3 Å². The molecular weight excluding hydrogens is 331 g/mol. The van der Waals surface area contributed by atoms with Crippen LogP contribution in [-0.2, 0) is 19.5 Å². The van der Waals surface area contributed by atoms with Crippen molar-refractivity contribution in [2.24, 2.45) is 0 Å². The van der Waals surface area contributed by atoms with Gasteiger partial charge in [-0.3, -0.25) is 0 Å². The minimum atomic E-state index is -0.357. The van der Waals surface area contributed by atoms with Crippen molar-refractivity contribution in [3.8, 4) is 5.75 Å². The third kappa shape index (κ3) is 6.65. The Hall–Kier alpha value is -0.690. The molecule has 0 unspecified atom stereocenters. The number of methoxy groups -OCH3 is 1. The first-order valence-electron chi connectivity index (χ1n) is 6.40. The molecule has 0 N–H and O–H groups in total. The average molecular weight is 351 g/mol. The normalized spacial score (nSPS) is 10.8. The highest BCUT2D eigenvalue weighted by Gasteiger charge is 2.08. The Bertz CT molecular complexity index is 376. The molecule has 0 aliphatic carbocycles. The van der Waals surface area contributed by atoms with Crippen LogP contribution in [0, 0.1) is 5.82 Å². The van der Waals surface area contributed by atoms with Crippen molar-refractivity contribution in [2.45, 2.75) is 5.33 Å². The first-order chi connectivity index (χ1) is 9.79. The molecule has 0 saturated heterocycles. The lowest BCUT2D eigenvalue weighted by atomic mass is 10.2. The molecule has 0 amide bonds. The zero-order valence-corrected chi connectivity index (χ0v) is 13.2. The largest absolute Gasteiger partial charge is 0.488 e. The van der Waals surface area contributed by atoms with Crippen LogP contribution in [0.2, 0.25) is 0 Å². The SMILES string of the molecule is COCCOCCOCCOc1c(F)cccc1CBr. The topological polar surface area (TPSA) is 36.9 Å². The fraction of sp³-hybridized carbons (Fsp3) is 0.571. The third-order valence-electron chi connectivity index (χ3n) is 2.47. The second-order valence-electron chi connectivity index (χ2n) is 3.93. The van der Waals surface area contributed by atoms with E-state index < -0.39 is 0 Å². The van der Waals surface area contributed by atoms with Crippen molar-refractivity contribution in [2.75, 3.05) is 46.8 Å². The summed E-state index contributed by atoms with van der Waals surface area (Å²) in [7, 11) is 1.63. The molecule has 0 aliphatic rings. The van der Waals surface area contributed by atoms with E-state index in [1.54, 1.807) is 13.2 Å². The van der Waals surface area contributed by atoms with Crippen LogP contribution < -0.4 is 4.74 Å². The van der Waals surface area contributed by atoms with Gasteiger partial charge < -0.3 is 18.9 Å². The highest BCUT2D eigenvalue weighted by Crippen LogP contribution is 2.24. The fourth-order valence-corrected chi connectivity index (χ4v) is 1.93. The molecule has 0 fully saturated rings. The molecule has 1 aromatic carbocycles. The van der Waals surface area contributed by atoms with Crippen LogP contribution in [-0.4, -0.2) is 46.8 Å². The second kappa shape index (κ2) is 11.0. The van der Waals surface area contributed by atoms with Gasteiger partial charge in [-0.15, -0.1) is 0 Å². The highest BCUT2D eigenvalue weighted by atomic mass is 79.9. The van der Waals surface area contributed by atoms with E-state index in [0.717, 1.165) is 5.56 Å². The standard InChI is InChI=1S/C14H20BrFO4/c1-17-5-6-18-7-8-19-9-10-20-14-12(11-15)3-2-4-13(14)16/h2-4H,5-11H2,1H3. The van der Waals surface area contributed by atoms with Gasteiger partial charge >= 0.3 is 0 Å². The van der Waals surface area contributed by atoms with Gasteiger partial charge in [-0.05, 0) is 6.07 Å². The van der Waals surface area contributed by atoms with Crippen LogP contribution in [0.15, 0.2) is 18.2 Å². The van der Waals surface area contributed by atoms with Crippen LogP contribution in [0.1, 0.15) is 5.56 Å². The summed E-state index contributed by atoms with van der Waals surface area (Å²) in [5.74, 6) is -0.0748. The molecule has 0 spiro atoms. The Kier molecular flexibility index (Phi) is 9.57. The molecule has 0 radical (unpaired) electrons. The molecule has 6 heteroatoms. The van der Waals surface area contributed by atoms with E-state index in [0.29, 0.717) is 45.0 Å². The van der Waals surface area contributed by atoms with E-state index in [2.05, 4.69) is 15.9 Å². The monoisotopic (exact) mass is 350 g/mol. The Labute approximate surface area is 127 Å². The summed E-state index contributed by atoms with van der Waals surface area (Å²) >= 11 is 3.30. The minimum Gasteiger partial charge on any atom is -0.488 e. The smallest absolute Gasteiger partial charge is 0.165 e. The van der Waals surface area contributed by atoms with Crippen LogP contribution in [0.4, 0.5) is 4.39 Å². The van der Waals surface area contributed by atoms with Crippen LogP contribution in [0.3, 0.4) is 0 Å². The van der Waals surface area contributed by atoms with E-state index in [4.69, 9.17) is 18.9 Å². The summed E-state index contributed by atoms with van der Waals surface area (Å²) in [5, 5.41) is 0.550. The first kappa shape index (κ1) is 17.4. The lowest BCUT2D eigenvalue weighted by Crippen LogP contribution is -2.13. The molecule has 0 aliphatic heterocycles. The van der Waals surface area contributed by atoms with Crippen molar-refractivity contribution in [3.05, 3.63) is 29.6 Å². The zero-order valence-electron chi connectivity index (χ0n) is 11.6. The molecule has 4 nitrogen and oxygen atoms in total. The fourth-order valence-electron chi connectivity index (χ4n) is 1.49. The summed E-state index contributed by atoms with van der Waals surface area (Å²) in [4.78, 5) is 0. The molecule has 0 aromatic heterocycles. The minimum absolute atomic E-state index is 0.282. The summed E-state index contributed by atoms with van der Waals surface area (Å²) < 4.78 is 34.4. The molecular formula is C14H20BrFO4. The van der Waals surface area contributed by atoms with Gasteiger partial charge in [-0.25, -0.2) is 4.39 Å².